The molecule has 0 atom stereocenters. The molecule has 0 unspecified atom stereocenters. The lowest BCUT2D eigenvalue weighted by atomic mass is 10.0. The molecule has 0 amide bonds. The van der Waals surface area contributed by atoms with Crippen LogP contribution in [0.1, 0.15) is 15.9 Å². The second-order valence-corrected chi connectivity index (χ2v) is 6.68. The third kappa shape index (κ3) is 2.93. The number of halogens is 3. The summed E-state index contributed by atoms with van der Waals surface area (Å²) >= 11 is 12.2. The van der Waals surface area contributed by atoms with E-state index in [1.165, 1.54) is 18.3 Å². The number of carbonyl (C=O) groups excluding carboxylic acids is 1. The Morgan fingerprint density at radius 2 is 1.89 bits per heavy atom. The van der Waals surface area contributed by atoms with Crippen molar-refractivity contribution in [2.45, 2.75) is 0 Å². The first-order valence-electron chi connectivity index (χ1n) is 7.69. The predicted octanol–water partition coefficient (Wildman–Crippen LogP) is 4.23. The average Bonchev–Trinajstić information content (AvgIpc) is 2.64. The number of ketones is 1. The van der Waals surface area contributed by atoms with Crippen molar-refractivity contribution >= 4 is 45.5 Å². The highest BCUT2D eigenvalue weighted by Gasteiger charge is 2.18. The maximum absolute atomic E-state index is 13.5. The summed E-state index contributed by atoms with van der Waals surface area (Å²) in [5.74, 6) is -1.74. The normalized spacial score (nSPS) is 11.2. The molecular weight excluding hydrogens is 394 g/mol. The van der Waals surface area contributed by atoms with Crippen molar-refractivity contribution in [1.29, 1.82) is 0 Å². The topological polar surface area (TPSA) is 71.7 Å². The molecule has 0 bridgehead atoms. The van der Waals surface area contributed by atoms with Gasteiger partial charge in [0.2, 0.25) is 0 Å². The van der Waals surface area contributed by atoms with E-state index in [0.29, 0.717) is 15.9 Å². The summed E-state index contributed by atoms with van der Waals surface area (Å²) in [5, 5.41) is 10.6. The van der Waals surface area contributed by atoms with Crippen LogP contribution in [0, 0.1) is 5.82 Å². The van der Waals surface area contributed by atoms with Crippen LogP contribution in [-0.2, 0) is 0 Å². The molecule has 0 spiro atoms. The zero-order chi connectivity index (χ0) is 19.3. The molecule has 2 aromatic carbocycles. The summed E-state index contributed by atoms with van der Waals surface area (Å²) < 4.78 is 14.6. The number of carbonyl (C=O) groups is 1. The number of rotatable bonds is 2. The molecule has 2 heterocycles. The Morgan fingerprint density at radius 1 is 1.11 bits per heavy atom. The van der Waals surface area contributed by atoms with Crippen molar-refractivity contribution in [1.82, 2.24) is 9.38 Å². The van der Waals surface area contributed by atoms with E-state index in [2.05, 4.69) is 4.98 Å². The average molecular weight is 403 g/mol. The Balaban J connectivity index is 1.98. The molecular formula is C19H9Cl2FN2O3. The molecule has 0 aliphatic heterocycles. The number of benzene rings is 2. The lowest BCUT2D eigenvalue weighted by Gasteiger charge is -2.09. The minimum atomic E-state index is -0.682. The molecule has 0 radical (unpaired) electrons. The minimum Gasteiger partial charge on any atom is -0.507 e. The number of pyridine rings is 1. The molecule has 0 saturated carbocycles. The van der Waals surface area contributed by atoms with Gasteiger partial charge in [0.25, 0.3) is 5.56 Å². The first kappa shape index (κ1) is 17.5. The van der Waals surface area contributed by atoms with Crippen LogP contribution in [0.5, 0.6) is 5.75 Å². The van der Waals surface area contributed by atoms with Crippen molar-refractivity contribution in [3.63, 3.8) is 0 Å². The van der Waals surface area contributed by atoms with Crippen molar-refractivity contribution < 1.29 is 14.3 Å². The maximum Gasteiger partial charge on any atom is 0.265 e. The third-order valence-corrected chi connectivity index (χ3v) is 4.61. The molecule has 8 heteroatoms. The van der Waals surface area contributed by atoms with Gasteiger partial charge in [-0.2, -0.15) is 0 Å². The highest BCUT2D eigenvalue weighted by Crippen LogP contribution is 2.25. The van der Waals surface area contributed by atoms with Crippen LogP contribution >= 0.6 is 23.2 Å². The standard InChI is InChI=1S/C19H9Cl2FN2O3/c20-10-1-3-12-15(6-10)23-18-14(21)5-9(8-24(18)19(12)27)17(26)13-7-11(22)2-4-16(13)25/h1-8,25H. The molecule has 0 fully saturated rings. The van der Waals surface area contributed by atoms with Gasteiger partial charge in [0, 0.05) is 16.8 Å². The quantitative estimate of drug-likeness (QED) is 0.402. The Bertz CT molecular complexity index is 1320. The van der Waals surface area contributed by atoms with Crippen molar-refractivity contribution in [2.75, 3.05) is 0 Å². The number of aromatic hydroxyl groups is 1. The van der Waals surface area contributed by atoms with Gasteiger partial charge in [-0.15, -0.1) is 0 Å². The molecule has 27 heavy (non-hydrogen) atoms. The zero-order valence-corrected chi connectivity index (χ0v) is 14.9. The van der Waals surface area contributed by atoms with E-state index in [0.717, 1.165) is 22.6 Å². The number of nitrogens with zero attached hydrogens (tertiary/aromatic N) is 2. The smallest absolute Gasteiger partial charge is 0.265 e. The fraction of sp³-hybridized carbons (Fsp3) is 0. The number of phenols is 1. The molecule has 134 valence electrons. The lowest BCUT2D eigenvalue weighted by Crippen LogP contribution is -2.17. The Labute approximate surface area is 161 Å². The molecule has 2 aromatic heterocycles. The number of phenolic OH excluding ortho intramolecular Hbond substituents is 1. The van der Waals surface area contributed by atoms with E-state index in [4.69, 9.17) is 23.2 Å². The van der Waals surface area contributed by atoms with E-state index >= 15 is 0 Å². The second kappa shape index (κ2) is 6.33. The van der Waals surface area contributed by atoms with E-state index < -0.39 is 17.2 Å². The van der Waals surface area contributed by atoms with E-state index in [1.807, 2.05) is 0 Å². The van der Waals surface area contributed by atoms with E-state index in [-0.39, 0.29) is 27.5 Å². The highest BCUT2D eigenvalue weighted by molar-refractivity contribution is 6.34. The number of fused-ring (bicyclic) bond motifs is 2. The van der Waals surface area contributed by atoms with Gasteiger partial charge in [-0.1, -0.05) is 23.2 Å². The Kier molecular flexibility index (Phi) is 4.09. The van der Waals surface area contributed by atoms with Crippen LogP contribution in [0.15, 0.2) is 53.5 Å². The van der Waals surface area contributed by atoms with Gasteiger partial charge in [0.05, 0.1) is 21.5 Å². The zero-order valence-electron chi connectivity index (χ0n) is 13.4. The lowest BCUT2D eigenvalue weighted by molar-refractivity contribution is 0.103. The minimum absolute atomic E-state index is 0.00520. The van der Waals surface area contributed by atoms with Crippen molar-refractivity contribution in [3.05, 3.63) is 86.0 Å². The Hall–Kier alpha value is -2.96. The SMILES string of the molecule is O=C(c1cc(Cl)c2nc3cc(Cl)ccc3c(=O)n2c1)c1cc(F)ccc1O. The number of hydrogen-bond donors (Lipinski definition) is 1. The Morgan fingerprint density at radius 3 is 2.67 bits per heavy atom. The van der Waals surface area contributed by atoms with Crippen LogP contribution in [0.2, 0.25) is 10.0 Å². The summed E-state index contributed by atoms with van der Waals surface area (Å²) in [6, 6.07) is 8.96. The first-order chi connectivity index (χ1) is 12.8. The van der Waals surface area contributed by atoms with Crippen LogP contribution < -0.4 is 5.56 Å². The summed E-state index contributed by atoms with van der Waals surface area (Å²) in [7, 11) is 0. The van der Waals surface area contributed by atoms with Gasteiger partial charge in [-0.05, 0) is 42.5 Å². The number of aromatic nitrogens is 2. The summed E-state index contributed by atoms with van der Waals surface area (Å²) in [6.07, 6.45) is 1.26. The highest BCUT2D eigenvalue weighted by atomic mass is 35.5. The van der Waals surface area contributed by atoms with Crippen LogP contribution in [0.25, 0.3) is 16.6 Å². The number of hydrogen-bond acceptors (Lipinski definition) is 4. The van der Waals surface area contributed by atoms with Gasteiger partial charge in [0.15, 0.2) is 11.4 Å². The van der Waals surface area contributed by atoms with Gasteiger partial charge >= 0.3 is 0 Å². The molecule has 5 nitrogen and oxygen atoms in total. The fourth-order valence-electron chi connectivity index (χ4n) is 2.81. The monoisotopic (exact) mass is 402 g/mol. The fourth-order valence-corrected chi connectivity index (χ4v) is 3.22. The predicted molar refractivity (Wildman–Crippen MR) is 100 cm³/mol. The molecule has 4 rings (SSSR count). The van der Waals surface area contributed by atoms with Gasteiger partial charge < -0.3 is 5.11 Å². The molecule has 0 saturated heterocycles. The van der Waals surface area contributed by atoms with E-state index in [1.54, 1.807) is 12.1 Å². The summed E-state index contributed by atoms with van der Waals surface area (Å²) in [6.45, 7) is 0. The van der Waals surface area contributed by atoms with Crippen molar-refractivity contribution in [3.8, 4) is 5.75 Å². The second-order valence-electron chi connectivity index (χ2n) is 5.84. The molecule has 0 aliphatic carbocycles. The van der Waals surface area contributed by atoms with Crippen LogP contribution in [0.3, 0.4) is 0 Å². The largest absolute Gasteiger partial charge is 0.507 e. The van der Waals surface area contributed by atoms with Crippen LogP contribution in [0.4, 0.5) is 4.39 Å². The maximum atomic E-state index is 13.5. The van der Waals surface area contributed by atoms with Crippen LogP contribution in [-0.4, -0.2) is 20.3 Å². The first-order valence-corrected chi connectivity index (χ1v) is 8.45. The summed E-state index contributed by atoms with van der Waals surface area (Å²) in [5.41, 5.74) is -0.149. The van der Waals surface area contributed by atoms with Gasteiger partial charge in [-0.3, -0.25) is 14.0 Å². The third-order valence-electron chi connectivity index (χ3n) is 4.09. The van der Waals surface area contributed by atoms with Crippen molar-refractivity contribution in [2.24, 2.45) is 0 Å². The molecule has 4 aromatic rings. The summed E-state index contributed by atoms with van der Waals surface area (Å²) in [4.78, 5) is 29.8. The van der Waals surface area contributed by atoms with Gasteiger partial charge in [-0.25, -0.2) is 9.37 Å². The van der Waals surface area contributed by atoms with Gasteiger partial charge in [0.1, 0.15) is 11.6 Å². The van der Waals surface area contributed by atoms with E-state index in [9.17, 15) is 19.1 Å². The molecule has 1 N–H and O–H groups in total. The molecule has 0 aliphatic rings.